The average molecular weight is 365 g/mol. The second-order valence-corrected chi connectivity index (χ2v) is 9.61. The molecule has 2 aliphatic heterocycles. The zero-order chi connectivity index (χ0) is 18.2. The van der Waals surface area contributed by atoms with Crippen molar-refractivity contribution in [3.05, 3.63) is 0 Å². The van der Waals surface area contributed by atoms with Crippen LogP contribution in [0.25, 0.3) is 0 Å². The van der Waals surface area contributed by atoms with E-state index in [9.17, 15) is 9.90 Å². The summed E-state index contributed by atoms with van der Waals surface area (Å²) in [5.41, 5.74) is 0.522. The maximum absolute atomic E-state index is 12.3. The third kappa shape index (κ3) is 3.43. The lowest BCUT2D eigenvalue weighted by Gasteiger charge is -2.58. The average Bonchev–Trinajstić information content (AvgIpc) is 2.63. The normalized spacial score (nSPS) is 35.6. The number of nitrogens with zero attached hydrogens (tertiary/aromatic N) is 2. The Labute approximate surface area is 158 Å². The SMILES string of the molecule is COCC(=O)N1CCC[C@]2(C1)CN(C1CC3(CCCCC3)C1)CC[C@H]2O. The topological polar surface area (TPSA) is 53.0 Å². The molecular weight excluding hydrogens is 328 g/mol. The third-order valence-corrected chi connectivity index (χ3v) is 7.91. The molecule has 2 heterocycles. The van der Waals surface area contributed by atoms with Gasteiger partial charge in [0.1, 0.15) is 6.61 Å². The maximum Gasteiger partial charge on any atom is 0.248 e. The van der Waals surface area contributed by atoms with Gasteiger partial charge in [-0.3, -0.25) is 9.69 Å². The minimum atomic E-state index is -0.277. The van der Waals surface area contributed by atoms with Gasteiger partial charge < -0.3 is 14.7 Å². The number of piperidine rings is 2. The van der Waals surface area contributed by atoms with Gasteiger partial charge in [0.15, 0.2) is 0 Å². The Morgan fingerprint density at radius 3 is 2.58 bits per heavy atom. The van der Waals surface area contributed by atoms with Gasteiger partial charge in [0.05, 0.1) is 6.10 Å². The van der Waals surface area contributed by atoms with Crippen LogP contribution in [0, 0.1) is 10.8 Å². The predicted octanol–water partition coefficient (Wildman–Crippen LogP) is 2.42. The first-order valence-corrected chi connectivity index (χ1v) is 10.7. The van der Waals surface area contributed by atoms with Gasteiger partial charge in [0, 0.05) is 44.7 Å². The largest absolute Gasteiger partial charge is 0.392 e. The summed E-state index contributed by atoms with van der Waals surface area (Å²) in [5.74, 6) is 0.0701. The first-order chi connectivity index (χ1) is 12.6. The number of carbonyl (C=O) groups excluding carboxylic acids is 1. The van der Waals surface area contributed by atoms with E-state index in [4.69, 9.17) is 4.74 Å². The van der Waals surface area contributed by atoms with Gasteiger partial charge >= 0.3 is 0 Å². The highest BCUT2D eigenvalue weighted by atomic mass is 16.5. The summed E-state index contributed by atoms with van der Waals surface area (Å²) in [4.78, 5) is 16.9. The molecule has 2 saturated carbocycles. The Hall–Kier alpha value is -0.650. The lowest BCUT2D eigenvalue weighted by molar-refractivity contribution is -0.149. The molecule has 5 heteroatoms. The molecule has 2 aliphatic carbocycles. The van der Waals surface area contributed by atoms with Crippen LogP contribution in [0.2, 0.25) is 0 Å². The van der Waals surface area contributed by atoms with Crippen molar-refractivity contribution in [2.24, 2.45) is 10.8 Å². The van der Waals surface area contributed by atoms with Gasteiger partial charge in [-0.2, -0.15) is 0 Å². The molecular formula is C21H36N2O3. The number of aliphatic hydroxyl groups is 1. The van der Waals surface area contributed by atoms with E-state index in [0.29, 0.717) is 18.0 Å². The van der Waals surface area contributed by atoms with Gasteiger partial charge in [0.25, 0.3) is 0 Å². The molecule has 1 amide bonds. The molecule has 5 nitrogen and oxygen atoms in total. The highest BCUT2D eigenvalue weighted by molar-refractivity contribution is 5.77. The fraction of sp³-hybridized carbons (Fsp3) is 0.952. The van der Waals surface area contributed by atoms with Gasteiger partial charge in [-0.05, 0) is 50.4 Å². The molecule has 4 fully saturated rings. The second-order valence-electron chi connectivity index (χ2n) is 9.61. The number of aliphatic hydroxyl groups excluding tert-OH is 1. The number of rotatable bonds is 3. The number of hydrogen-bond donors (Lipinski definition) is 1. The summed E-state index contributed by atoms with van der Waals surface area (Å²) >= 11 is 0. The molecule has 1 N–H and O–H groups in total. The summed E-state index contributed by atoms with van der Waals surface area (Å²) < 4.78 is 5.04. The number of ether oxygens (including phenoxy) is 1. The van der Waals surface area contributed by atoms with Gasteiger partial charge in [-0.1, -0.05) is 19.3 Å². The van der Waals surface area contributed by atoms with Crippen LogP contribution < -0.4 is 0 Å². The van der Waals surface area contributed by atoms with E-state index >= 15 is 0 Å². The minimum Gasteiger partial charge on any atom is -0.392 e. The number of methoxy groups -OCH3 is 1. The number of hydrogen-bond acceptors (Lipinski definition) is 4. The Kier molecular flexibility index (Phi) is 5.32. The number of likely N-dealkylation sites (tertiary alicyclic amines) is 2. The standard InChI is InChI=1S/C21H36N2O3/c1-26-14-19(25)23-10-5-9-21(16-23)15-22(11-6-18(21)24)17-12-20(13-17)7-3-2-4-8-20/h17-18,24H,2-16H2,1H3/t18-,21-/m1/s1. The van der Waals surface area contributed by atoms with E-state index in [-0.39, 0.29) is 24.0 Å². The van der Waals surface area contributed by atoms with Gasteiger partial charge in [-0.25, -0.2) is 0 Å². The summed E-state index contributed by atoms with van der Waals surface area (Å²) in [6.07, 6.45) is 12.5. The van der Waals surface area contributed by atoms with E-state index in [1.165, 1.54) is 44.9 Å². The summed E-state index contributed by atoms with van der Waals surface area (Å²) in [6.45, 7) is 3.65. The first kappa shape index (κ1) is 18.7. The van der Waals surface area contributed by atoms with Gasteiger partial charge in [-0.15, -0.1) is 0 Å². The molecule has 0 aromatic rings. The maximum atomic E-state index is 12.3. The van der Waals surface area contributed by atoms with Crippen LogP contribution in [0.3, 0.4) is 0 Å². The molecule has 148 valence electrons. The van der Waals surface area contributed by atoms with Gasteiger partial charge in [0.2, 0.25) is 5.91 Å². The molecule has 0 aromatic heterocycles. The highest BCUT2D eigenvalue weighted by Gasteiger charge is 2.52. The monoisotopic (exact) mass is 364 g/mol. The van der Waals surface area contributed by atoms with Crippen molar-refractivity contribution < 1.29 is 14.6 Å². The molecule has 0 bridgehead atoms. The Morgan fingerprint density at radius 2 is 1.85 bits per heavy atom. The van der Waals surface area contributed by atoms with E-state index in [1.807, 2.05) is 4.90 Å². The fourth-order valence-corrected chi connectivity index (χ4v) is 6.39. The quantitative estimate of drug-likeness (QED) is 0.836. The van der Waals surface area contributed by atoms with Crippen molar-refractivity contribution >= 4 is 5.91 Å². The van der Waals surface area contributed by atoms with Crippen LogP contribution in [0.4, 0.5) is 0 Å². The predicted molar refractivity (Wildman–Crippen MR) is 101 cm³/mol. The zero-order valence-electron chi connectivity index (χ0n) is 16.4. The Balaban J connectivity index is 1.39. The third-order valence-electron chi connectivity index (χ3n) is 7.91. The van der Waals surface area contributed by atoms with E-state index in [0.717, 1.165) is 38.9 Å². The molecule has 4 rings (SSSR count). The van der Waals surface area contributed by atoms with Crippen LogP contribution >= 0.6 is 0 Å². The number of carbonyl (C=O) groups is 1. The van der Waals surface area contributed by atoms with Crippen molar-refractivity contribution in [2.45, 2.75) is 76.4 Å². The van der Waals surface area contributed by atoms with E-state index in [1.54, 1.807) is 7.11 Å². The molecule has 2 spiro atoms. The molecule has 0 aromatic carbocycles. The highest BCUT2D eigenvalue weighted by Crippen LogP contribution is 2.54. The van der Waals surface area contributed by atoms with Crippen molar-refractivity contribution in [3.63, 3.8) is 0 Å². The summed E-state index contributed by atoms with van der Waals surface area (Å²) in [7, 11) is 1.58. The Morgan fingerprint density at radius 1 is 1.08 bits per heavy atom. The molecule has 0 unspecified atom stereocenters. The van der Waals surface area contributed by atoms with E-state index < -0.39 is 0 Å². The smallest absolute Gasteiger partial charge is 0.248 e. The molecule has 2 atom stereocenters. The summed E-state index contributed by atoms with van der Waals surface area (Å²) in [5, 5.41) is 10.9. The minimum absolute atomic E-state index is 0.0701. The van der Waals surface area contributed by atoms with Crippen molar-refractivity contribution in [1.29, 1.82) is 0 Å². The zero-order valence-corrected chi connectivity index (χ0v) is 16.4. The van der Waals surface area contributed by atoms with Crippen molar-refractivity contribution in [3.8, 4) is 0 Å². The van der Waals surface area contributed by atoms with Crippen LogP contribution in [0.5, 0.6) is 0 Å². The van der Waals surface area contributed by atoms with Crippen molar-refractivity contribution in [1.82, 2.24) is 9.80 Å². The first-order valence-electron chi connectivity index (χ1n) is 10.7. The summed E-state index contributed by atoms with van der Waals surface area (Å²) in [6, 6.07) is 0.711. The van der Waals surface area contributed by atoms with Crippen molar-refractivity contribution in [2.75, 3.05) is 39.9 Å². The lowest BCUT2D eigenvalue weighted by atomic mass is 9.57. The second kappa shape index (κ2) is 7.40. The number of amides is 1. The Bertz CT molecular complexity index is 511. The van der Waals surface area contributed by atoms with Crippen LogP contribution in [0.1, 0.15) is 64.2 Å². The lowest BCUT2D eigenvalue weighted by Crippen LogP contribution is -2.63. The van der Waals surface area contributed by atoms with Crippen LogP contribution in [-0.2, 0) is 9.53 Å². The van der Waals surface area contributed by atoms with Crippen LogP contribution in [0.15, 0.2) is 0 Å². The van der Waals surface area contributed by atoms with E-state index in [2.05, 4.69) is 4.90 Å². The fourth-order valence-electron chi connectivity index (χ4n) is 6.39. The molecule has 0 radical (unpaired) electrons. The molecule has 26 heavy (non-hydrogen) atoms. The molecule has 4 aliphatic rings. The van der Waals surface area contributed by atoms with Crippen LogP contribution in [-0.4, -0.2) is 72.9 Å². The molecule has 2 saturated heterocycles.